The lowest BCUT2D eigenvalue weighted by Gasteiger charge is -2.25. The van der Waals surface area contributed by atoms with Gasteiger partial charge in [0.05, 0.1) is 12.8 Å². The fourth-order valence-corrected chi connectivity index (χ4v) is 3.92. The molecule has 30 heavy (non-hydrogen) atoms. The zero-order valence-electron chi connectivity index (χ0n) is 15.5. The normalized spacial score (nSPS) is 15.6. The van der Waals surface area contributed by atoms with Gasteiger partial charge in [0, 0.05) is 14.8 Å². The molecule has 1 aliphatic rings. The summed E-state index contributed by atoms with van der Waals surface area (Å²) in [6, 6.07) is 17.3. The molecule has 1 aliphatic heterocycles. The molecule has 2 aromatic carbocycles. The average Bonchev–Trinajstić information content (AvgIpc) is 3.24. The van der Waals surface area contributed by atoms with Gasteiger partial charge in [0.15, 0.2) is 0 Å². The summed E-state index contributed by atoms with van der Waals surface area (Å²) in [6.45, 7) is -0.0660. The zero-order valence-corrected chi connectivity index (χ0v) is 17.1. The first kappa shape index (κ1) is 20.0. The minimum absolute atomic E-state index is 0.0660. The Hall–Kier alpha value is -3.29. The highest BCUT2D eigenvalue weighted by atomic mass is 35.5. The van der Waals surface area contributed by atoms with Crippen LogP contribution in [0.15, 0.2) is 86.7 Å². The number of carbonyl (C=O) groups excluding carboxylic acids is 3. The minimum Gasteiger partial charge on any atom is -0.467 e. The molecule has 6 nitrogen and oxygen atoms in total. The molecular weight excluding hydrogens is 424 g/mol. The van der Waals surface area contributed by atoms with Crippen molar-refractivity contribution in [1.82, 2.24) is 10.2 Å². The van der Waals surface area contributed by atoms with Crippen molar-refractivity contribution in [3.8, 4) is 0 Å². The highest BCUT2D eigenvalue weighted by Gasteiger charge is 2.36. The molecule has 0 spiro atoms. The van der Waals surface area contributed by atoms with Crippen LogP contribution in [0.5, 0.6) is 0 Å². The van der Waals surface area contributed by atoms with Crippen molar-refractivity contribution in [1.29, 1.82) is 0 Å². The summed E-state index contributed by atoms with van der Waals surface area (Å²) in [4.78, 5) is 40.2. The first-order chi connectivity index (χ1) is 14.5. The van der Waals surface area contributed by atoms with E-state index < -0.39 is 17.8 Å². The number of carbonyl (C=O) groups is 3. The van der Waals surface area contributed by atoms with Crippen molar-refractivity contribution in [2.75, 3.05) is 0 Å². The van der Waals surface area contributed by atoms with Crippen LogP contribution in [0, 0.1) is 0 Å². The molecule has 1 N–H and O–H groups in total. The Balaban J connectivity index is 1.64. The van der Waals surface area contributed by atoms with Crippen molar-refractivity contribution >= 4 is 47.3 Å². The zero-order chi connectivity index (χ0) is 21.1. The molecule has 0 aliphatic carbocycles. The topological polar surface area (TPSA) is 79.6 Å². The number of furan rings is 1. The van der Waals surface area contributed by atoms with E-state index in [1.54, 1.807) is 30.3 Å². The predicted molar refractivity (Wildman–Crippen MR) is 113 cm³/mol. The van der Waals surface area contributed by atoms with Gasteiger partial charge in [0.2, 0.25) is 0 Å². The van der Waals surface area contributed by atoms with E-state index in [0.717, 1.165) is 14.7 Å². The van der Waals surface area contributed by atoms with Crippen LogP contribution in [0.1, 0.15) is 11.3 Å². The van der Waals surface area contributed by atoms with Gasteiger partial charge in [-0.05, 0) is 54.1 Å². The van der Waals surface area contributed by atoms with Gasteiger partial charge in [-0.2, -0.15) is 0 Å². The lowest BCUT2D eigenvalue weighted by molar-refractivity contribution is -0.130. The van der Waals surface area contributed by atoms with Crippen LogP contribution in [0.4, 0.5) is 4.79 Å². The van der Waals surface area contributed by atoms with Crippen molar-refractivity contribution in [2.45, 2.75) is 16.3 Å². The van der Waals surface area contributed by atoms with E-state index in [1.807, 2.05) is 30.3 Å². The molecule has 0 atom stereocenters. The second-order valence-corrected chi connectivity index (χ2v) is 7.93. The third kappa shape index (κ3) is 4.32. The lowest BCUT2D eigenvalue weighted by atomic mass is 10.1. The summed E-state index contributed by atoms with van der Waals surface area (Å²) in [5.41, 5.74) is 0.563. The number of urea groups is 1. The van der Waals surface area contributed by atoms with E-state index in [1.165, 1.54) is 24.1 Å². The summed E-state index contributed by atoms with van der Waals surface area (Å²) < 4.78 is 5.22. The number of imide groups is 2. The molecule has 8 heteroatoms. The molecule has 2 heterocycles. The maximum absolute atomic E-state index is 12.9. The van der Waals surface area contributed by atoms with E-state index in [9.17, 15) is 14.4 Å². The Kier molecular flexibility index (Phi) is 5.74. The number of rotatable bonds is 5. The summed E-state index contributed by atoms with van der Waals surface area (Å²) in [5, 5.41) is 2.85. The molecule has 0 saturated carbocycles. The van der Waals surface area contributed by atoms with Gasteiger partial charge in [-0.3, -0.25) is 19.8 Å². The second kappa shape index (κ2) is 8.61. The third-order valence-corrected chi connectivity index (χ3v) is 5.69. The molecule has 4 amide bonds. The van der Waals surface area contributed by atoms with Crippen LogP contribution in [-0.4, -0.2) is 22.7 Å². The number of benzene rings is 2. The number of halogens is 1. The van der Waals surface area contributed by atoms with Crippen LogP contribution in [0.2, 0.25) is 5.02 Å². The first-order valence-corrected chi connectivity index (χ1v) is 10.1. The SMILES string of the molecule is O=C1NC(=O)N(Cc2ccco2)C(=O)C1=Cc1ccccc1Sc1ccc(Cl)cc1. The molecule has 1 saturated heterocycles. The van der Waals surface area contributed by atoms with Gasteiger partial charge in [-0.25, -0.2) is 4.79 Å². The van der Waals surface area contributed by atoms with E-state index >= 15 is 0 Å². The molecule has 4 rings (SSSR count). The number of hydrogen-bond acceptors (Lipinski definition) is 5. The van der Waals surface area contributed by atoms with Gasteiger partial charge in [-0.1, -0.05) is 41.6 Å². The fourth-order valence-electron chi connectivity index (χ4n) is 2.87. The van der Waals surface area contributed by atoms with E-state index in [4.69, 9.17) is 16.0 Å². The van der Waals surface area contributed by atoms with Crippen LogP contribution in [-0.2, 0) is 16.1 Å². The largest absolute Gasteiger partial charge is 0.467 e. The number of hydrogen-bond donors (Lipinski definition) is 1. The van der Waals surface area contributed by atoms with Crippen molar-refractivity contribution in [2.24, 2.45) is 0 Å². The minimum atomic E-state index is -0.776. The standard InChI is InChI=1S/C22H15ClN2O4S/c23-15-7-9-17(10-8-15)30-19-6-2-1-4-14(19)12-18-20(26)24-22(28)25(21(18)27)13-16-5-3-11-29-16/h1-12H,13H2,(H,24,26,28). The van der Waals surface area contributed by atoms with Gasteiger partial charge >= 0.3 is 6.03 Å². The molecule has 150 valence electrons. The highest BCUT2D eigenvalue weighted by Crippen LogP contribution is 2.32. The Morgan fingerprint density at radius 2 is 1.77 bits per heavy atom. The molecule has 0 bridgehead atoms. The van der Waals surface area contributed by atoms with Gasteiger partial charge < -0.3 is 4.42 Å². The van der Waals surface area contributed by atoms with E-state index in [2.05, 4.69) is 5.32 Å². The van der Waals surface area contributed by atoms with Gasteiger partial charge in [0.1, 0.15) is 11.3 Å². The third-order valence-electron chi connectivity index (χ3n) is 4.34. The maximum Gasteiger partial charge on any atom is 0.331 e. The van der Waals surface area contributed by atoms with Crippen LogP contribution >= 0.6 is 23.4 Å². The smallest absolute Gasteiger partial charge is 0.331 e. The number of nitrogens with one attached hydrogen (secondary N) is 1. The quantitative estimate of drug-likeness (QED) is 0.459. The average molecular weight is 439 g/mol. The fraction of sp³-hybridized carbons (Fsp3) is 0.0455. The number of amides is 4. The maximum atomic E-state index is 12.9. The van der Waals surface area contributed by atoms with E-state index in [-0.39, 0.29) is 12.1 Å². The molecule has 0 unspecified atom stereocenters. The summed E-state index contributed by atoms with van der Waals surface area (Å²) in [7, 11) is 0. The number of barbiturate groups is 1. The second-order valence-electron chi connectivity index (χ2n) is 6.38. The van der Waals surface area contributed by atoms with Gasteiger partial charge in [-0.15, -0.1) is 0 Å². The van der Waals surface area contributed by atoms with E-state index in [0.29, 0.717) is 16.3 Å². The number of nitrogens with zero attached hydrogens (tertiary/aromatic N) is 1. The molecular formula is C22H15ClN2O4S. The summed E-state index contributed by atoms with van der Waals surface area (Å²) >= 11 is 7.42. The Morgan fingerprint density at radius 3 is 2.50 bits per heavy atom. The Morgan fingerprint density at radius 1 is 1.00 bits per heavy atom. The summed E-state index contributed by atoms with van der Waals surface area (Å²) in [5.74, 6) is -0.968. The molecule has 3 aromatic rings. The van der Waals surface area contributed by atoms with Crippen LogP contribution in [0.3, 0.4) is 0 Å². The lowest BCUT2D eigenvalue weighted by Crippen LogP contribution is -2.53. The molecule has 1 aromatic heterocycles. The van der Waals surface area contributed by atoms with Crippen molar-refractivity contribution in [3.05, 3.63) is 88.8 Å². The highest BCUT2D eigenvalue weighted by molar-refractivity contribution is 7.99. The molecule has 0 radical (unpaired) electrons. The predicted octanol–water partition coefficient (Wildman–Crippen LogP) is 4.75. The first-order valence-electron chi connectivity index (χ1n) is 8.95. The van der Waals surface area contributed by atoms with Crippen LogP contribution in [0.25, 0.3) is 6.08 Å². The Bertz CT molecular complexity index is 1140. The molecule has 1 fully saturated rings. The summed E-state index contributed by atoms with van der Waals surface area (Å²) in [6.07, 6.45) is 2.95. The van der Waals surface area contributed by atoms with Crippen LogP contribution < -0.4 is 5.32 Å². The monoisotopic (exact) mass is 438 g/mol. The Labute approximate surface area is 181 Å². The van der Waals surface area contributed by atoms with Crippen molar-refractivity contribution < 1.29 is 18.8 Å². The van der Waals surface area contributed by atoms with Crippen molar-refractivity contribution in [3.63, 3.8) is 0 Å². The van der Waals surface area contributed by atoms with Gasteiger partial charge in [0.25, 0.3) is 11.8 Å².